The molecule has 13 heteroatoms. The van der Waals surface area contributed by atoms with Gasteiger partial charge in [0.2, 0.25) is 5.91 Å². The van der Waals surface area contributed by atoms with Gasteiger partial charge in [-0.2, -0.15) is 18.4 Å². The van der Waals surface area contributed by atoms with Crippen LogP contribution in [-0.2, 0) is 21.1 Å². The molecule has 1 aliphatic rings. The van der Waals surface area contributed by atoms with Gasteiger partial charge in [-0.15, -0.1) is 0 Å². The van der Waals surface area contributed by atoms with Crippen LogP contribution in [0.3, 0.4) is 0 Å². The van der Waals surface area contributed by atoms with E-state index < -0.39 is 69.6 Å². The van der Waals surface area contributed by atoms with Crippen molar-refractivity contribution in [1.82, 2.24) is 5.32 Å². The Kier molecular flexibility index (Phi) is 9.55. The number of alkyl halides is 3. The van der Waals surface area contributed by atoms with E-state index in [4.69, 9.17) is 23.2 Å². The first-order chi connectivity index (χ1) is 20.9. The van der Waals surface area contributed by atoms with E-state index in [1.165, 1.54) is 30.3 Å². The Balaban J connectivity index is 1.93. The number of methoxy groups -OCH3 is 1. The molecule has 1 heterocycles. The van der Waals surface area contributed by atoms with Crippen LogP contribution in [0.15, 0.2) is 54.6 Å². The standard InChI is InChI=1S/C32H28Cl2F5N3O3/c1-30(2,3)14-24-31(15-40,20-11-8-16(33)12-23(20)35)25(19-6-5-7-22(34)26(19)36)27(42-24)28(43)41-17-9-10-18(29(44)45-4)21(13-17)32(37,38)39/h5-13,24-25,27,42H,14H2,1-4H3,(H,41,43)/t24-,25-,27+,31-/m0/s1. The van der Waals surface area contributed by atoms with Gasteiger partial charge in [0.15, 0.2) is 0 Å². The number of halogens is 7. The Hall–Kier alpha value is -3.72. The topological polar surface area (TPSA) is 91.2 Å². The van der Waals surface area contributed by atoms with Crippen molar-refractivity contribution in [2.75, 3.05) is 12.4 Å². The molecule has 4 rings (SSSR count). The number of carbonyl (C=O) groups is 2. The molecule has 0 radical (unpaired) electrons. The number of nitrogens with one attached hydrogen (secondary N) is 2. The molecule has 45 heavy (non-hydrogen) atoms. The third-order valence-electron chi connectivity index (χ3n) is 7.73. The van der Waals surface area contributed by atoms with Crippen LogP contribution in [0.25, 0.3) is 0 Å². The minimum atomic E-state index is -4.98. The summed E-state index contributed by atoms with van der Waals surface area (Å²) >= 11 is 12.1. The minimum absolute atomic E-state index is 0.0401. The van der Waals surface area contributed by atoms with Gasteiger partial charge in [-0.3, -0.25) is 4.79 Å². The summed E-state index contributed by atoms with van der Waals surface area (Å²) in [5.41, 5.74) is -5.24. The van der Waals surface area contributed by atoms with Crippen molar-refractivity contribution in [3.8, 4) is 6.07 Å². The third-order valence-corrected chi connectivity index (χ3v) is 8.26. The fourth-order valence-electron chi connectivity index (χ4n) is 5.92. The Bertz CT molecular complexity index is 1690. The molecule has 0 saturated carbocycles. The van der Waals surface area contributed by atoms with E-state index >= 15 is 8.78 Å². The molecule has 1 fully saturated rings. The number of hydrogen-bond acceptors (Lipinski definition) is 5. The number of nitriles is 1. The predicted octanol–water partition coefficient (Wildman–Crippen LogP) is 8.04. The molecule has 3 aromatic rings. The lowest BCUT2D eigenvalue weighted by molar-refractivity contribution is -0.138. The van der Waals surface area contributed by atoms with E-state index in [9.17, 15) is 28.0 Å². The second-order valence-corrected chi connectivity index (χ2v) is 12.8. The van der Waals surface area contributed by atoms with Gasteiger partial charge in [0, 0.05) is 28.2 Å². The highest BCUT2D eigenvalue weighted by Crippen LogP contribution is 2.53. The summed E-state index contributed by atoms with van der Waals surface area (Å²) in [4.78, 5) is 26.0. The van der Waals surface area contributed by atoms with Crippen molar-refractivity contribution < 1.29 is 36.3 Å². The molecule has 3 aromatic carbocycles. The average molecular weight is 668 g/mol. The van der Waals surface area contributed by atoms with Crippen molar-refractivity contribution in [2.24, 2.45) is 5.41 Å². The maximum Gasteiger partial charge on any atom is 0.417 e. The monoisotopic (exact) mass is 667 g/mol. The lowest BCUT2D eigenvalue weighted by Crippen LogP contribution is -2.45. The third kappa shape index (κ3) is 6.64. The summed E-state index contributed by atoms with van der Waals surface area (Å²) in [6.07, 6.45) is -4.79. The molecule has 0 aromatic heterocycles. The van der Waals surface area contributed by atoms with Crippen LogP contribution in [0.2, 0.25) is 10.0 Å². The van der Waals surface area contributed by atoms with Gasteiger partial charge < -0.3 is 15.4 Å². The van der Waals surface area contributed by atoms with Gasteiger partial charge in [0.25, 0.3) is 0 Å². The van der Waals surface area contributed by atoms with Crippen molar-refractivity contribution in [1.29, 1.82) is 5.26 Å². The first-order valence-corrected chi connectivity index (χ1v) is 14.4. The quantitative estimate of drug-likeness (QED) is 0.205. The van der Waals surface area contributed by atoms with Crippen LogP contribution in [0.1, 0.15) is 60.2 Å². The van der Waals surface area contributed by atoms with E-state index in [0.29, 0.717) is 6.07 Å². The molecule has 0 spiro atoms. The van der Waals surface area contributed by atoms with Crippen LogP contribution in [0.5, 0.6) is 0 Å². The number of hydrogen-bond donors (Lipinski definition) is 2. The Morgan fingerprint density at radius 3 is 2.33 bits per heavy atom. The maximum atomic E-state index is 15.8. The lowest BCUT2D eigenvalue weighted by atomic mass is 9.62. The number of carbonyl (C=O) groups excluding carboxylic acids is 2. The lowest BCUT2D eigenvalue weighted by Gasteiger charge is -2.37. The Labute approximate surface area is 266 Å². The average Bonchev–Trinajstić information content (AvgIpc) is 3.26. The number of nitrogens with zero attached hydrogens (tertiary/aromatic N) is 1. The number of amides is 1. The van der Waals surface area contributed by atoms with Gasteiger partial charge in [0.05, 0.1) is 35.4 Å². The summed E-state index contributed by atoms with van der Waals surface area (Å²) in [5.74, 6) is -5.42. The summed E-state index contributed by atoms with van der Waals surface area (Å²) < 4.78 is 77.6. The summed E-state index contributed by atoms with van der Waals surface area (Å²) in [7, 11) is 0.929. The van der Waals surface area contributed by atoms with E-state index in [0.717, 1.165) is 25.3 Å². The van der Waals surface area contributed by atoms with Crippen LogP contribution in [0, 0.1) is 28.4 Å². The van der Waals surface area contributed by atoms with Crippen molar-refractivity contribution >= 4 is 40.8 Å². The molecule has 0 aliphatic carbocycles. The molecule has 1 amide bonds. The highest BCUT2D eigenvalue weighted by molar-refractivity contribution is 6.31. The first-order valence-electron chi connectivity index (χ1n) is 13.6. The minimum Gasteiger partial charge on any atom is -0.465 e. The molecule has 0 bridgehead atoms. The van der Waals surface area contributed by atoms with Crippen LogP contribution in [-0.4, -0.2) is 31.1 Å². The van der Waals surface area contributed by atoms with E-state index in [1.54, 1.807) is 0 Å². The zero-order valence-corrected chi connectivity index (χ0v) is 26.0. The molecule has 238 valence electrons. The summed E-state index contributed by atoms with van der Waals surface area (Å²) in [5, 5.41) is 16.1. The zero-order chi connectivity index (χ0) is 33.5. The zero-order valence-electron chi connectivity index (χ0n) is 24.5. The van der Waals surface area contributed by atoms with Gasteiger partial charge in [-0.1, -0.05) is 62.2 Å². The second kappa shape index (κ2) is 12.6. The normalized spacial score (nSPS) is 21.7. The fourth-order valence-corrected chi connectivity index (χ4v) is 6.26. The molecule has 6 nitrogen and oxygen atoms in total. The molecule has 4 atom stereocenters. The van der Waals surface area contributed by atoms with Crippen molar-refractivity contribution in [3.63, 3.8) is 0 Å². The SMILES string of the molecule is COC(=O)c1ccc(NC(=O)[C@@H]2N[C@@H](CC(C)(C)C)[C@](C#N)(c3ccc(Cl)cc3F)[C@H]2c2cccc(Cl)c2F)cc1C(F)(F)F. The van der Waals surface area contributed by atoms with Gasteiger partial charge in [-0.25, -0.2) is 13.6 Å². The number of esters is 1. The Morgan fingerprint density at radius 1 is 1.07 bits per heavy atom. The second-order valence-electron chi connectivity index (χ2n) is 11.9. The molecule has 1 saturated heterocycles. The van der Waals surface area contributed by atoms with E-state index in [1.807, 2.05) is 20.8 Å². The maximum absolute atomic E-state index is 15.8. The van der Waals surface area contributed by atoms with Crippen LogP contribution < -0.4 is 10.6 Å². The van der Waals surface area contributed by atoms with Crippen LogP contribution >= 0.6 is 23.2 Å². The van der Waals surface area contributed by atoms with Crippen molar-refractivity contribution in [3.05, 3.63) is 98.5 Å². The first kappa shape index (κ1) is 34.2. The van der Waals surface area contributed by atoms with Crippen LogP contribution in [0.4, 0.5) is 27.6 Å². The van der Waals surface area contributed by atoms with Gasteiger partial charge in [0.1, 0.15) is 17.0 Å². The van der Waals surface area contributed by atoms with E-state index in [-0.39, 0.29) is 33.3 Å². The molecule has 1 aliphatic heterocycles. The van der Waals surface area contributed by atoms with E-state index in [2.05, 4.69) is 21.4 Å². The van der Waals surface area contributed by atoms with Crippen molar-refractivity contribution in [2.45, 2.75) is 56.8 Å². The van der Waals surface area contributed by atoms with Gasteiger partial charge in [-0.05, 0) is 53.8 Å². The Morgan fingerprint density at radius 2 is 1.76 bits per heavy atom. The smallest absolute Gasteiger partial charge is 0.417 e. The number of anilines is 1. The molecular weight excluding hydrogens is 640 g/mol. The number of ether oxygens (including phenoxy) is 1. The fraction of sp³-hybridized carbons (Fsp3) is 0.344. The highest BCUT2D eigenvalue weighted by Gasteiger charge is 2.61. The molecule has 0 unspecified atom stereocenters. The van der Waals surface area contributed by atoms with Gasteiger partial charge >= 0.3 is 12.1 Å². The number of rotatable bonds is 6. The summed E-state index contributed by atoms with van der Waals surface area (Å²) in [6, 6.07) is 9.91. The predicted molar refractivity (Wildman–Crippen MR) is 159 cm³/mol. The highest BCUT2D eigenvalue weighted by atomic mass is 35.5. The largest absolute Gasteiger partial charge is 0.465 e. The summed E-state index contributed by atoms with van der Waals surface area (Å²) in [6.45, 7) is 5.58. The number of benzene rings is 3. The molecule has 2 N–H and O–H groups in total. The molecular formula is C32H28Cl2F5N3O3.